The fourth-order valence-corrected chi connectivity index (χ4v) is 3.42. The highest BCUT2D eigenvalue weighted by Crippen LogP contribution is 2.32. The van der Waals surface area contributed by atoms with Gasteiger partial charge in [-0.15, -0.1) is 24.0 Å². The molecule has 0 nitrogen and oxygen atoms in total. The highest BCUT2D eigenvalue weighted by molar-refractivity contribution is 14.1. The van der Waals surface area contributed by atoms with Crippen molar-refractivity contribution in [2.75, 3.05) is 0 Å². The maximum absolute atomic E-state index is 4.39. The van der Waals surface area contributed by atoms with Gasteiger partial charge < -0.3 is 0 Å². The summed E-state index contributed by atoms with van der Waals surface area (Å²) in [4.78, 5) is 1.09. The van der Waals surface area contributed by atoms with Crippen LogP contribution in [0.2, 0.25) is 0 Å². The van der Waals surface area contributed by atoms with Crippen LogP contribution in [0.5, 0.6) is 0 Å². The molecule has 2 rings (SSSR count). The molecule has 0 aliphatic heterocycles. The topological polar surface area (TPSA) is 0 Å². The van der Waals surface area contributed by atoms with E-state index in [2.05, 4.69) is 75.3 Å². The minimum Gasteiger partial charge on any atom is -0.143 e. The first-order chi connectivity index (χ1) is 5.68. The molecule has 1 heterocycles. The van der Waals surface area contributed by atoms with Crippen molar-refractivity contribution in [1.82, 2.24) is 0 Å². The van der Waals surface area contributed by atoms with Crippen molar-refractivity contribution in [2.24, 2.45) is 0 Å². The van der Waals surface area contributed by atoms with Gasteiger partial charge in [-0.25, -0.2) is 0 Å². The fraction of sp³-hybridized carbons (Fsp3) is 0. The fourth-order valence-electron chi connectivity index (χ4n) is 1.01. The van der Waals surface area contributed by atoms with Gasteiger partial charge in [0.25, 0.3) is 0 Å². The second kappa shape index (κ2) is 3.62. The molecule has 0 amide bonds. The van der Waals surface area contributed by atoms with E-state index in [0.717, 1.165) is 4.90 Å². The zero-order valence-corrected chi connectivity index (χ0v) is 11.9. The zero-order chi connectivity index (χ0) is 8.72. The second-order valence-electron chi connectivity index (χ2n) is 2.38. The van der Waals surface area contributed by atoms with Crippen LogP contribution in [0.25, 0.3) is 10.1 Å². The zero-order valence-electron chi connectivity index (χ0n) is 5.84. The van der Waals surface area contributed by atoms with Gasteiger partial charge in [0.2, 0.25) is 0 Å². The molecule has 0 bridgehead atoms. The Balaban J connectivity index is 2.87. The first kappa shape index (κ1) is 9.54. The van der Waals surface area contributed by atoms with Crippen molar-refractivity contribution in [3.63, 3.8) is 0 Å². The van der Waals surface area contributed by atoms with Crippen LogP contribution in [0.1, 0.15) is 0 Å². The Morgan fingerprint density at radius 2 is 1.83 bits per heavy atom. The molecule has 0 fully saturated rings. The largest absolute Gasteiger partial charge is 0.143 e. The van der Waals surface area contributed by atoms with Crippen molar-refractivity contribution in [2.45, 2.75) is 4.90 Å². The highest BCUT2D eigenvalue weighted by Gasteiger charge is 2.03. The predicted octanol–water partition coefficient (Wildman–Crippen LogP) is 4.40. The standard InChI is InChI=1S/C8H4I2S2/c9-5-1-4-7(11)3-12-8(4)2-6(5)10/h1-3,11H. The van der Waals surface area contributed by atoms with E-state index >= 15 is 0 Å². The lowest BCUT2D eigenvalue weighted by Crippen LogP contribution is -1.77. The first-order valence-corrected chi connectivity index (χ1v) is 6.72. The monoisotopic (exact) mass is 418 g/mol. The molecule has 2 aromatic rings. The summed E-state index contributed by atoms with van der Waals surface area (Å²) in [6, 6.07) is 4.40. The molecule has 0 N–H and O–H groups in total. The minimum absolute atomic E-state index is 1.09. The van der Waals surface area contributed by atoms with Crippen LogP contribution < -0.4 is 0 Å². The SMILES string of the molecule is Sc1csc2cc(I)c(I)cc12. The van der Waals surface area contributed by atoms with Crippen molar-refractivity contribution < 1.29 is 0 Å². The van der Waals surface area contributed by atoms with Crippen LogP contribution in [-0.4, -0.2) is 0 Å². The molecule has 12 heavy (non-hydrogen) atoms. The van der Waals surface area contributed by atoms with Crippen LogP contribution in [0.15, 0.2) is 22.4 Å². The van der Waals surface area contributed by atoms with Crippen LogP contribution >= 0.6 is 69.1 Å². The predicted molar refractivity (Wildman–Crippen MR) is 74.5 cm³/mol. The summed E-state index contributed by atoms with van der Waals surface area (Å²) >= 11 is 10.8. The summed E-state index contributed by atoms with van der Waals surface area (Å²) in [7, 11) is 0. The van der Waals surface area contributed by atoms with Gasteiger partial charge in [-0.2, -0.15) is 0 Å². The number of thiophene rings is 1. The molecule has 4 heteroatoms. The molecule has 0 unspecified atom stereocenters. The Hall–Kier alpha value is 0.990. The van der Waals surface area contributed by atoms with Crippen molar-refractivity contribution >= 4 is 79.2 Å². The third-order valence-corrected chi connectivity index (χ3v) is 5.90. The highest BCUT2D eigenvalue weighted by atomic mass is 127. The van der Waals surface area contributed by atoms with Gasteiger partial charge in [-0.3, -0.25) is 0 Å². The van der Waals surface area contributed by atoms with Gasteiger partial charge in [-0.05, 0) is 57.3 Å². The number of hydrogen-bond donors (Lipinski definition) is 1. The Kier molecular flexibility index (Phi) is 2.88. The lowest BCUT2D eigenvalue weighted by molar-refractivity contribution is 1.61. The number of halogens is 2. The van der Waals surface area contributed by atoms with Crippen molar-refractivity contribution in [3.8, 4) is 0 Å². The number of rotatable bonds is 0. The average Bonchev–Trinajstić information content (AvgIpc) is 2.35. The summed E-state index contributed by atoms with van der Waals surface area (Å²) in [5.74, 6) is 0. The smallest absolute Gasteiger partial charge is 0.0365 e. The molecule has 0 aliphatic rings. The maximum atomic E-state index is 4.39. The van der Waals surface area contributed by atoms with E-state index in [1.807, 2.05) is 0 Å². The Bertz CT molecular complexity index is 434. The van der Waals surface area contributed by atoms with Crippen LogP contribution in [-0.2, 0) is 0 Å². The lowest BCUT2D eigenvalue weighted by atomic mass is 10.3. The third-order valence-electron chi connectivity index (χ3n) is 1.60. The van der Waals surface area contributed by atoms with E-state index in [4.69, 9.17) is 0 Å². The number of hydrogen-bond acceptors (Lipinski definition) is 2. The molecule has 0 spiro atoms. The molecular weight excluding hydrogens is 414 g/mol. The Labute approximate surface area is 107 Å². The second-order valence-corrected chi connectivity index (χ2v) is 6.10. The van der Waals surface area contributed by atoms with Gasteiger partial charge in [0.15, 0.2) is 0 Å². The molecule has 0 atom stereocenters. The molecule has 62 valence electrons. The summed E-state index contributed by atoms with van der Waals surface area (Å²) in [5, 5.41) is 3.35. The maximum Gasteiger partial charge on any atom is 0.0365 e. The molecule has 1 aromatic carbocycles. The summed E-state index contributed by atoms with van der Waals surface area (Å²) < 4.78 is 3.94. The summed E-state index contributed by atoms with van der Waals surface area (Å²) in [6.45, 7) is 0. The van der Waals surface area contributed by atoms with E-state index < -0.39 is 0 Å². The molecule has 0 saturated carbocycles. The van der Waals surface area contributed by atoms with E-state index in [1.54, 1.807) is 11.3 Å². The van der Waals surface area contributed by atoms with Crippen molar-refractivity contribution in [1.29, 1.82) is 0 Å². The molecule has 1 aromatic heterocycles. The molecule has 0 aliphatic carbocycles. The van der Waals surface area contributed by atoms with Gasteiger partial charge in [0.05, 0.1) is 0 Å². The Morgan fingerprint density at radius 1 is 1.17 bits per heavy atom. The van der Waals surface area contributed by atoms with E-state index in [9.17, 15) is 0 Å². The molecular formula is C8H4I2S2. The summed E-state index contributed by atoms with van der Waals surface area (Å²) in [6.07, 6.45) is 0. The van der Waals surface area contributed by atoms with E-state index in [0.29, 0.717) is 0 Å². The van der Waals surface area contributed by atoms with E-state index in [-0.39, 0.29) is 0 Å². The first-order valence-electron chi connectivity index (χ1n) is 3.23. The Morgan fingerprint density at radius 3 is 2.58 bits per heavy atom. The third kappa shape index (κ3) is 1.62. The van der Waals surface area contributed by atoms with Gasteiger partial charge in [-0.1, -0.05) is 0 Å². The lowest BCUT2D eigenvalue weighted by Gasteiger charge is -1.96. The number of benzene rings is 1. The van der Waals surface area contributed by atoms with Crippen molar-refractivity contribution in [3.05, 3.63) is 24.7 Å². The normalized spacial score (nSPS) is 10.9. The minimum atomic E-state index is 1.09. The quantitative estimate of drug-likeness (QED) is 0.476. The number of fused-ring (bicyclic) bond motifs is 1. The van der Waals surface area contributed by atoms with Gasteiger partial charge in [0.1, 0.15) is 0 Å². The van der Waals surface area contributed by atoms with Crippen LogP contribution in [0.4, 0.5) is 0 Å². The molecule has 0 radical (unpaired) electrons. The number of thiol groups is 1. The van der Waals surface area contributed by atoms with Crippen LogP contribution in [0, 0.1) is 7.14 Å². The van der Waals surface area contributed by atoms with Gasteiger partial charge in [0, 0.05) is 27.5 Å². The average molecular weight is 418 g/mol. The van der Waals surface area contributed by atoms with Crippen LogP contribution in [0.3, 0.4) is 0 Å². The van der Waals surface area contributed by atoms with Gasteiger partial charge >= 0.3 is 0 Å². The van der Waals surface area contributed by atoms with E-state index in [1.165, 1.54) is 17.2 Å². The summed E-state index contributed by atoms with van der Waals surface area (Å²) in [5.41, 5.74) is 0. The molecule has 0 saturated heterocycles.